The summed E-state index contributed by atoms with van der Waals surface area (Å²) in [5, 5.41) is 23.3. The quantitative estimate of drug-likeness (QED) is 0.187. The zero-order valence-electron chi connectivity index (χ0n) is 22.1. The van der Waals surface area contributed by atoms with Crippen molar-refractivity contribution in [3.63, 3.8) is 0 Å². The highest BCUT2D eigenvalue weighted by atomic mass is 35.5. The summed E-state index contributed by atoms with van der Waals surface area (Å²) in [5.41, 5.74) is 4.93. The summed E-state index contributed by atoms with van der Waals surface area (Å²) in [5.74, 6) is -0.515. The van der Waals surface area contributed by atoms with Gasteiger partial charge in [-0.05, 0) is 60.2 Å². The van der Waals surface area contributed by atoms with Crippen molar-refractivity contribution in [3.05, 3.63) is 118 Å². The van der Waals surface area contributed by atoms with Crippen LogP contribution < -0.4 is 5.32 Å². The molecule has 1 aliphatic rings. The average Bonchev–Trinajstić information content (AvgIpc) is 3.73. The van der Waals surface area contributed by atoms with Crippen molar-refractivity contribution in [3.8, 4) is 6.07 Å². The normalized spacial score (nSPS) is 14.5. The first-order valence-electron chi connectivity index (χ1n) is 13.6. The van der Waals surface area contributed by atoms with Crippen LogP contribution in [0.1, 0.15) is 65.2 Å². The molecule has 0 aliphatic heterocycles. The maximum atomic E-state index is 13.8. The lowest BCUT2D eigenvalue weighted by molar-refractivity contribution is 0.451. The van der Waals surface area contributed by atoms with Crippen molar-refractivity contribution < 1.29 is 8.78 Å². The lowest BCUT2D eigenvalue weighted by Gasteiger charge is -2.22. The number of rotatable bonds is 10. The van der Waals surface area contributed by atoms with Crippen LogP contribution in [0.15, 0.2) is 79.1 Å². The number of nitrogens with one attached hydrogen (secondary N) is 1. The molecule has 0 amide bonds. The van der Waals surface area contributed by atoms with E-state index < -0.39 is 6.67 Å². The molecular formula is C32H27ClF2N6. The topological polar surface area (TPSA) is 79.4 Å². The molecule has 1 N–H and O–H groups in total. The zero-order valence-corrected chi connectivity index (χ0v) is 22.9. The van der Waals surface area contributed by atoms with Crippen LogP contribution in [0, 0.1) is 17.1 Å². The first-order chi connectivity index (χ1) is 20.0. The van der Waals surface area contributed by atoms with Crippen molar-refractivity contribution in [2.24, 2.45) is 0 Å². The van der Waals surface area contributed by atoms with Crippen molar-refractivity contribution in [1.82, 2.24) is 20.0 Å². The monoisotopic (exact) mass is 568 g/mol. The minimum atomic E-state index is -0.523. The summed E-state index contributed by atoms with van der Waals surface area (Å²) in [7, 11) is 0. The minimum Gasteiger partial charge on any atom is -0.376 e. The van der Waals surface area contributed by atoms with Gasteiger partial charge in [-0.1, -0.05) is 59.3 Å². The largest absolute Gasteiger partial charge is 0.376 e. The molecule has 2 atom stereocenters. The Morgan fingerprint density at radius 2 is 1.85 bits per heavy atom. The van der Waals surface area contributed by atoms with Crippen LogP contribution in [0.2, 0.25) is 5.02 Å². The van der Waals surface area contributed by atoms with E-state index >= 15 is 0 Å². The number of pyridine rings is 1. The lowest BCUT2D eigenvalue weighted by Crippen LogP contribution is -2.13. The van der Waals surface area contributed by atoms with Gasteiger partial charge in [0.2, 0.25) is 0 Å². The molecule has 206 valence electrons. The molecule has 0 bridgehead atoms. The molecule has 1 fully saturated rings. The average molecular weight is 569 g/mol. The first-order valence-corrected chi connectivity index (χ1v) is 14.0. The second-order valence-electron chi connectivity index (χ2n) is 10.4. The van der Waals surface area contributed by atoms with Crippen LogP contribution in [-0.4, -0.2) is 26.7 Å². The molecule has 1 saturated carbocycles. The van der Waals surface area contributed by atoms with Crippen LogP contribution in [0.3, 0.4) is 0 Å². The van der Waals surface area contributed by atoms with Gasteiger partial charge >= 0.3 is 0 Å². The van der Waals surface area contributed by atoms with E-state index in [1.165, 1.54) is 18.3 Å². The van der Waals surface area contributed by atoms with E-state index in [-0.39, 0.29) is 24.2 Å². The number of hydrogen-bond acceptors (Lipinski definition) is 5. The minimum absolute atomic E-state index is 0.205. The smallest absolute Gasteiger partial charge is 0.123 e. The summed E-state index contributed by atoms with van der Waals surface area (Å²) in [4.78, 5) is 4.48. The third-order valence-corrected chi connectivity index (χ3v) is 7.83. The molecule has 2 heterocycles. The van der Waals surface area contributed by atoms with Crippen molar-refractivity contribution >= 4 is 28.2 Å². The fourth-order valence-electron chi connectivity index (χ4n) is 5.26. The van der Waals surface area contributed by atoms with Crippen LogP contribution in [0.5, 0.6) is 0 Å². The number of nitrogens with zero attached hydrogens (tertiary/aromatic N) is 5. The van der Waals surface area contributed by atoms with Gasteiger partial charge < -0.3 is 5.32 Å². The van der Waals surface area contributed by atoms with Crippen LogP contribution in [-0.2, 0) is 6.42 Å². The molecule has 3 aromatic carbocycles. The van der Waals surface area contributed by atoms with Gasteiger partial charge in [-0.2, -0.15) is 5.26 Å². The zero-order chi connectivity index (χ0) is 28.3. The molecular weight excluding hydrogens is 542 g/mol. The highest BCUT2D eigenvalue weighted by molar-refractivity contribution is 6.35. The van der Waals surface area contributed by atoms with E-state index in [1.807, 2.05) is 53.3 Å². The molecule has 9 heteroatoms. The number of nitriles is 1. The molecule has 0 saturated heterocycles. The summed E-state index contributed by atoms with van der Waals surface area (Å²) in [6, 6.07) is 22.1. The van der Waals surface area contributed by atoms with Gasteiger partial charge in [-0.3, -0.25) is 9.37 Å². The second-order valence-corrected chi connectivity index (χ2v) is 10.8. The molecule has 5 aromatic rings. The van der Waals surface area contributed by atoms with Crippen LogP contribution in [0.4, 0.5) is 14.5 Å². The highest BCUT2D eigenvalue weighted by Gasteiger charge is 2.27. The highest BCUT2D eigenvalue weighted by Crippen LogP contribution is 2.38. The van der Waals surface area contributed by atoms with Gasteiger partial charge in [-0.15, -0.1) is 5.10 Å². The number of fused-ring (bicyclic) bond motifs is 1. The van der Waals surface area contributed by atoms with Gasteiger partial charge in [0.15, 0.2) is 0 Å². The van der Waals surface area contributed by atoms with Gasteiger partial charge in [0, 0.05) is 30.1 Å². The molecule has 41 heavy (non-hydrogen) atoms. The molecule has 6 rings (SSSR count). The molecule has 1 aliphatic carbocycles. The number of anilines is 1. The fraction of sp³-hybridized carbons (Fsp3) is 0.250. The maximum absolute atomic E-state index is 13.8. The standard InChI is InChI=1S/C32H27ClF2N6/c33-28-16-20(14-26(21-6-8-24(35)9-7-21)30-19-41(40-39-30)25-10-11-25)15-27-31(23(17-36)18-37-32(27)28)38-29(12-13-34)22-4-2-1-3-5-22/h1-9,15-16,18-19,25-26,29H,10-14H2,(H,37,38)/t26-,29+/m0/s1. The van der Waals surface area contributed by atoms with Crippen molar-refractivity contribution in [1.29, 1.82) is 5.26 Å². The Morgan fingerprint density at radius 1 is 1.07 bits per heavy atom. The third kappa shape index (κ3) is 5.77. The SMILES string of the molecule is N#Cc1cnc2c(Cl)cc(C[C@@H](c3ccc(F)cc3)c3cn(C4CC4)nn3)cc2c1N[C@H](CCF)c1ccccc1. The van der Waals surface area contributed by atoms with E-state index in [2.05, 4.69) is 26.7 Å². The second kappa shape index (κ2) is 11.6. The van der Waals surface area contributed by atoms with Crippen LogP contribution in [0.25, 0.3) is 10.9 Å². The van der Waals surface area contributed by atoms with E-state index in [4.69, 9.17) is 11.6 Å². The number of alkyl halides is 1. The van der Waals surface area contributed by atoms with Gasteiger partial charge in [0.1, 0.15) is 11.9 Å². The Hall–Kier alpha value is -4.35. The molecule has 0 radical (unpaired) electrons. The first kappa shape index (κ1) is 26.9. The Bertz CT molecular complexity index is 1710. The Kier molecular flexibility index (Phi) is 7.62. The third-order valence-electron chi connectivity index (χ3n) is 7.54. The van der Waals surface area contributed by atoms with E-state index in [1.54, 1.807) is 12.1 Å². The van der Waals surface area contributed by atoms with E-state index in [0.717, 1.165) is 35.2 Å². The Labute approximate surface area is 241 Å². The Balaban J connectivity index is 1.42. The van der Waals surface area contributed by atoms with Crippen molar-refractivity contribution in [2.45, 2.75) is 43.7 Å². The molecule has 6 nitrogen and oxygen atoms in total. The lowest BCUT2D eigenvalue weighted by atomic mass is 9.89. The Morgan fingerprint density at radius 3 is 2.56 bits per heavy atom. The van der Waals surface area contributed by atoms with E-state index in [0.29, 0.717) is 39.6 Å². The van der Waals surface area contributed by atoms with E-state index in [9.17, 15) is 14.0 Å². The van der Waals surface area contributed by atoms with Gasteiger partial charge in [0.05, 0.1) is 46.2 Å². The summed E-state index contributed by atoms with van der Waals surface area (Å²) in [6.07, 6.45) is 6.37. The number of benzene rings is 3. The van der Waals surface area contributed by atoms with Crippen LogP contribution >= 0.6 is 11.6 Å². The number of hydrogen-bond donors (Lipinski definition) is 1. The predicted octanol–water partition coefficient (Wildman–Crippen LogP) is 7.71. The molecule has 0 unspecified atom stereocenters. The fourth-order valence-corrected chi connectivity index (χ4v) is 5.55. The predicted molar refractivity (Wildman–Crippen MR) is 155 cm³/mol. The summed E-state index contributed by atoms with van der Waals surface area (Å²) >= 11 is 6.78. The van der Waals surface area contributed by atoms with Gasteiger partial charge in [0.25, 0.3) is 0 Å². The summed E-state index contributed by atoms with van der Waals surface area (Å²) in [6.45, 7) is -0.523. The van der Waals surface area contributed by atoms with Gasteiger partial charge in [-0.25, -0.2) is 9.07 Å². The number of aromatic nitrogens is 4. The van der Waals surface area contributed by atoms with Crippen molar-refractivity contribution in [2.75, 3.05) is 12.0 Å². The molecule has 2 aromatic heterocycles. The maximum Gasteiger partial charge on any atom is 0.123 e. The summed E-state index contributed by atoms with van der Waals surface area (Å²) < 4.78 is 29.3. The number of halogens is 3. The molecule has 0 spiro atoms.